The fourth-order valence-corrected chi connectivity index (χ4v) is 1.03. The standard InChI is InChI=1S/C10H6F5NOS/c11-9(12,10(13,14)15)5-17-8-3-1-7(2-4-8)16-6-18/h1-4H,5H2. The fraction of sp³-hybridized carbons (Fsp3) is 0.300. The monoisotopic (exact) mass is 283 g/mol. The van der Waals surface area contributed by atoms with E-state index in [9.17, 15) is 22.0 Å². The number of thiocarbonyl (C=S) groups is 1. The van der Waals surface area contributed by atoms with Gasteiger partial charge in [0.1, 0.15) is 5.75 Å². The van der Waals surface area contributed by atoms with Gasteiger partial charge in [-0.2, -0.15) is 26.9 Å². The summed E-state index contributed by atoms with van der Waals surface area (Å²) in [5, 5.41) is 2.08. The van der Waals surface area contributed by atoms with Crippen LogP contribution in [0, 0.1) is 0 Å². The maximum Gasteiger partial charge on any atom is 0.456 e. The summed E-state index contributed by atoms with van der Waals surface area (Å²) in [5.74, 6) is -5.01. The van der Waals surface area contributed by atoms with Crippen LogP contribution >= 0.6 is 12.2 Å². The number of hydrogen-bond acceptors (Lipinski definition) is 3. The molecule has 0 aliphatic carbocycles. The Kier molecular flexibility index (Phi) is 4.37. The van der Waals surface area contributed by atoms with Gasteiger partial charge < -0.3 is 4.74 Å². The van der Waals surface area contributed by atoms with Gasteiger partial charge in [-0.05, 0) is 36.5 Å². The van der Waals surface area contributed by atoms with Crippen LogP contribution in [0.4, 0.5) is 27.6 Å². The molecule has 0 bridgehead atoms. The average molecular weight is 283 g/mol. The largest absolute Gasteiger partial charge is 0.487 e. The van der Waals surface area contributed by atoms with Crippen molar-refractivity contribution in [2.75, 3.05) is 6.61 Å². The molecule has 0 spiro atoms. The Hall–Kier alpha value is -1.53. The summed E-state index contributed by atoms with van der Waals surface area (Å²) >= 11 is 4.34. The number of alkyl halides is 5. The number of aliphatic imine (C=N–C) groups is 1. The highest BCUT2D eigenvalue weighted by atomic mass is 32.1. The highest BCUT2D eigenvalue weighted by molar-refractivity contribution is 7.78. The number of isothiocyanates is 1. The van der Waals surface area contributed by atoms with E-state index in [0.29, 0.717) is 5.69 Å². The molecule has 0 saturated heterocycles. The van der Waals surface area contributed by atoms with Gasteiger partial charge in [0, 0.05) is 0 Å². The number of rotatable bonds is 4. The van der Waals surface area contributed by atoms with Gasteiger partial charge in [0.2, 0.25) is 0 Å². The molecule has 1 aromatic carbocycles. The van der Waals surface area contributed by atoms with E-state index >= 15 is 0 Å². The lowest BCUT2D eigenvalue weighted by molar-refractivity contribution is -0.290. The molecule has 0 radical (unpaired) electrons. The number of ether oxygens (including phenoxy) is 1. The molecule has 98 valence electrons. The van der Waals surface area contributed by atoms with Crippen LogP contribution in [0.2, 0.25) is 0 Å². The molecule has 0 fully saturated rings. The van der Waals surface area contributed by atoms with Crippen LogP contribution in [0.25, 0.3) is 0 Å². The zero-order valence-electron chi connectivity index (χ0n) is 8.67. The third-order valence-electron chi connectivity index (χ3n) is 1.85. The Balaban J connectivity index is 2.67. The van der Waals surface area contributed by atoms with E-state index in [-0.39, 0.29) is 5.75 Å². The number of halogens is 5. The van der Waals surface area contributed by atoms with Gasteiger partial charge >= 0.3 is 12.1 Å². The second-order valence-corrected chi connectivity index (χ2v) is 3.37. The first-order valence-electron chi connectivity index (χ1n) is 4.51. The summed E-state index contributed by atoms with van der Waals surface area (Å²) in [6.45, 7) is -1.77. The van der Waals surface area contributed by atoms with Crippen LogP contribution in [-0.2, 0) is 0 Å². The van der Waals surface area contributed by atoms with Gasteiger partial charge in [-0.15, -0.1) is 0 Å². The first-order valence-corrected chi connectivity index (χ1v) is 4.92. The van der Waals surface area contributed by atoms with E-state index in [1.165, 1.54) is 24.3 Å². The third-order valence-corrected chi connectivity index (χ3v) is 1.94. The Morgan fingerprint density at radius 2 is 1.67 bits per heavy atom. The predicted molar refractivity (Wildman–Crippen MR) is 57.6 cm³/mol. The molecule has 2 nitrogen and oxygen atoms in total. The Labute approximate surface area is 104 Å². The van der Waals surface area contributed by atoms with E-state index in [1.54, 1.807) is 0 Å². The fourth-order valence-electron chi connectivity index (χ4n) is 0.925. The first kappa shape index (κ1) is 14.5. The quantitative estimate of drug-likeness (QED) is 0.473. The maximum absolute atomic E-state index is 12.5. The number of hydrogen-bond donors (Lipinski definition) is 0. The molecule has 1 aromatic rings. The summed E-state index contributed by atoms with van der Waals surface area (Å²) in [7, 11) is 0. The Morgan fingerprint density at radius 1 is 1.11 bits per heavy atom. The minimum Gasteiger partial charge on any atom is -0.487 e. The molecule has 0 unspecified atom stereocenters. The molecule has 0 saturated carbocycles. The van der Waals surface area contributed by atoms with Gasteiger partial charge in [-0.25, -0.2) is 0 Å². The second kappa shape index (κ2) is 5.41. The highest BCUT2D eigenvalue weighted by Gasteiger charge is 2.58. The molecule has 0 heterocycles. The molecule has 1 rings (SSSR count). The molecule has 18 heavy (non-hydrogen) atoms. The van der Waals surface area contributed by atoms with Gasteiger partial charge in [-0.1, -0.05) is 0 Å². The van der Waals surface area contributed by atoms with Crippen LogP contribution in [0.15, 0.2) is 29.3 Å². The summed E-state index contributed by atoms with van der Waals surface area (Å²) in [5.41, 5.74) is 0.389. The molecule has 0 amide bonds. The zero-order valence-corrected chi connectivity index (χ0v) is 9.49. The first-order chi connectivity index (χ1) is 8.26. The molecule has 0 atom stereocenters. The lowest BCUT2D eigenvalue weighted by Gasteiger charge is -2.19. The van der Waals surface area contributed by atoms with Crippen molar-refractivity contribution in [3.63, 3.8) is 0 Å². The van der Waals surface area contributed by atoms with E-state index in [2.05, 4.69) is 27.1 Å². The van der Waals surface area contributed by atoms with Crippen molar-refractivity contribution in [1.29, 1.82) is 0 Å². The smallest absolute Gasteiger partial charge is 0.456 e. The molecule has 0 aliphatic heterocycles. The number of benzene rings is 1. The molecular weight excluding hydrogens is 277 g/mol. The summed E-state index contributed by atoms with van der Waals surface area (Å²) in [6.07, 6.45) is -5.63. The van der Waals surface area contributed by atoms with Crippen LogP contribution in [0.5, 0.6) is 5.75 Å². The normalized spacial score (nSPS) is 11.8. The lowest BCUT2D eigenvalue weighted by atomic mass is 10.3. The van der Waals surface area contributed by atoms with Crippen molar-refractivity contribution in [3.05, 3.63) is 24.3 Å². The van der Waals surface area contributed by atoms with Gasteiger partial charge in [0.15, 0.2) is 6.61 Å². The average Bonchev–Trinajstić information content (AvgIpc) is 2.27. The summed E-state index contributed by atoms with van der Waals surface area (Å²) in [4.78, 5) is 3.58. The van der Waals surface area contributed by atoms with E-state index in [0.717, 1.165) is 0 Å². The van der Waals surface area contributed by atoms with Crippen LogP contribution in [-0.4, -0.2) is 23.9 Å². The van der Waals surface area contributed by atoms with Crippen molar-refractivity contribution in [2.24, 2.45) is 4.99 Å². The molecule has 0 aliphatic rings. The van der Waals surface area contributed by atoms with Crippen molar-refractivity contribution in [1.82, 2.24) is 0 Å². The Morgan fingerprint density at radius 3 is 2.11 bits per heavy atom. The topological polar surface area (TPSA) is 21.6 Å². The van der Waals surface area contributed by atoms with Gasteiger partial charge in [0.25, 0.3) is 0 Å². The van der Waals surface area contributed by atoms with Crippen LogP contribution in [0.1, 0.15) is 0 Å². The molecule has 0 aromatic heterocycles. The van der Waals surface area contributed by atoms with Crippen LogP contribution in [0.3, 0.4) is 0 Å². The minimum atomic E-state index is -5.63. The van der Waals surface area contributed by atoms with E-state index in [1.807, 2.05) is 0 Å². The minimum absolute atomic E-state index is 0.123. The predicted octanol–water partition coefficient (Wildman–Crippen LogP) is 4.00. The van der Waals surface area contributed by atoms with Crippen molar-refractivity contribution < 1.29 is 26.7 Å². The van der Waals surface area contributed by atoms with Crippen molar-refractivity contribution in [2.45, 2.75) is 12.1 Å². The van der Waals surface area contributed by atoms with E-state index in [4.69, 9.17) is 0 Å². The maximum atomic E-state index is 12.5. The van der Waals surface area contributed by atoms with E-state index < -0.39 is 18.7 Å². The van der Waals surface area contributed by atoms with Crippen molar-refractivity contribution in [3.8, 4) is 5.75 Å². The Bertz CT molecular complexity index is 450. The molecule has 0 N–H and O–H groups in total. The van der Waals surface area contributed by atoms with Gasteiger partial charge in [0.05, 0.1) is 10.8 Å². The summed E-state index contributed by atoms with van der Waals surface area (Å²) in [6, 6.07) is 5.11. The molecule has 8 heteroatoms. The van der Waals surface area contributed by atoms with Crippen LogP contribution < -0.4 is 4.74 Å². The summed E-state index contributed by atoms with van der Waals surface area (Å²) < 4.78 is 64.9. The third kappa shape index (κ3) is 3.75. The lowest BCUT2D eigenvalue weighted by Crippen LogP contribution is -2.41. The second-order valence-electron chi connectivity index (χ2n) is 3.19. The van der Waals surface area contributed by atoms with Gasteiger partial charge in [-0.3, -0.25) is 0 Å². The molecular formula is C10H6F5NOS. The number of nitrogens with zero attached hydrogens (tertiary/aromatic N) is 1. The SMILES string of the molecule is FC(F)(F)C(F)(F)COc1ccc(N=C=S)cc1. The highest BCUT2D eigenvalue weighted by Crippen LogP contribution is 2.35. The zero-order chi connectivity index (χ0) is 13.8. The van der Waals surface area contributed by atoms with Crippen molar-refractivity contribution >= 4 is 23.1 Å².